The third kappa shape index (κ3) is 2.52. The molecule has 1 aliphatic rings. The molecule has 2 heterocycles. The van der Waals surface area contributed by atoms with Crippen LogP contribution in [0.5, 0.6) is 0 Å². The van der Waals surface area contributed by atoms with Crippen molar-refractivity contribution in [3.05, 3.63) is 47.8 Å². The van der Waals surface area contributed by atoms with Crippen LogP contribution in [0.3, 0.4) is 0 Å². The van der Waals surface area contributed by atoms with E-state index in [1.165, 1.54) is 5.56 Å². The lowest BCUT2D eigenvalue weighted by atomic mass is 9.93. The van der Waals surface area contributed by atoms with E-state index in [2.05, 4.69) is 27.9 Å². The topological polar surface area (TPSA) is 59.0 Å². The highest BCUT2D eigenvalue weighted by molar-refractivity contribution is 5.80. The minimum absolute atomic E-state index is 0.0156. The number of nitrogens with zero attached hydrogens (tertiary/aromatic N) is 2. The van der Waals surface area contributed by atoms with Gasteiger partial charge in [0.1, 0.15) is 0 Å². The highest BCUT2D eigenvalue weighted by Crippen LogP contribution is 2.24. The number of benzene rings is 1. The van der Waals surface area contributed by atoms with Crippen LogP contribution in [0.4, 0.5) is 5.69 Å². The second-order valence-corrected chi connectivity index (χ2v) is 5.10. The Morgan fingerprint density at radius 2 is 2.30 bits per heavy atom. The SMILES string of the molecule is Cn1nccc1CNC(=O)C1CNc2ccccc2C1. The Labute approximate surface area is 118 Å². The van der Waals surface area contributed by atoms with Crippen molar-refractivity contribution < 1.29 is 4.79 Å². The average molecular weight is 270 g/mol. The van der Waals surface area contributed by atoms with E-state index >= 15 is 0 Å². The Balaban J connectivity index is 1.60. The molecule has 0 spiro atoms. The van der Waals surface area contributed by atoms with Gasteiger partial charge in [-0.05, 0) is 24.1 Å². The fraction of sp³-hybridized carbons (Fsp3) is 0.333. The number of aryl methyl sites for hydroxylation is 1. The second-order valence-electron chi connectivity index (χ2n) is 5.10. The van der Waals surface area contributed by atoms with Gasteiger partial charge in [0, 0.05) is 25.5 Å². The highest BCUT2D eigenvalue weighted by Gasteiger charge is 2.23. The Kier molecular flexibility index (Phi) is 3.41. The Bertz CT molecular complexity index is 620. The summed E-state index contributed by atoms with van der Waals surface area (Å²) in [6.07, 6.45) is 2.53. The van der Waals surface area contributed by atoms with Crippen LogP contribution < -0.4 is 10.6 Å². The fourth-order valence-electron chi connectivity index (χ4n) is 2.52. The molecule has 1 unspecified atom stereocenters. The largest absolute Gasteiger partial charge is 0.384 e. The summed E-state index contributed by atoms with van der Waals surface area (Å²) in [5.74, 6) is 0.0753. The van der Waals surface area contributed by atoms with Crippen LogP contribution in [0.2, 0.25) is 0 Å². The number of para-hydroxylation sites is 1. The zero-order chi connectivity index (χ0) is 13.9. The zero-order valence-electron chi connectivity index (χ0n) is 11.5. The van der Waals surface area contributed by atoms with Crippen molar-refractivity contribution in [3.63, 3.8) is 0 Å². The molecule has 1 amide bonds. The number of amides is 1. The molecule has 0 aliphatic carbocycles. The third-order valence-corrected chi connectivity index (χ3v) is 3.76. The molecule has 0 saturated heterocycles. The number of anilines is 1. The van der Waals surface area contributed by atoms with Crippen molar-refractivity contribution in [1.82, 2.24) is 15.1 Å². The molecule has 0 saturated carbocycles. The lowest BCUT2D eigenvalue weighted by molar-refractivity contribution is -0.124. The van der Waals surface area contributed by atoms with E-state index < -0.39 is 0 Å². The molecule has 1 atom stereocenters. The minimum atomic E-state index is -0.0156. The van der Waals surface area contributed by atoms with E-state index in [1.807, 2.05) is 25.2 Å². The van der Waals surface area contributed by atoms with Gasteiger partial charge in [0.2, 0.25) is 5.91 Å². The molecular weight excluding hydrogens is 252 g/mol. The third-order valence-electron chi connectivity index (χ3n) is 3.76. The summed E-state index contributed by atoms with van der Waals surface area (Å²) in [6.45, 7) is 1.21. The first-order chi connectivity index (χ1) is 9.74. The number of rotatable bonds is 3. The molecular formula is C15H18N4O. The van der Waals surface area contributed by atoms with Crippen LogP contribution in [0, 0.1) is 5.92 Å². The van der Waals surface area contributed by atoms with Gasteiger partial charge in [-0.1, -0.05) is 18.2 Å². The second kappa shape index (κ2) is 5.36. The lowest BCUT2D eigenvalue weighted by Gasteiger charge is -2.25. The molecule has 1 aromatic heterocycles. The predicted molar refractivity (Wildman–Crippen MR) is 77.2 cm³/mol. The Hall–Kier alpha value is -2.30. The van der Waals surface area contributed by atoms with Gasteiger partial charge in [-0.3, -0.25) is 9.48 Å². The molecule has 1 aliphatic heterocycles. The number of nitrogens with one attached hydrogen (secondary N) is 2. The highest BCUT2D eigenvalue weighted by atomic mass is 16.1. The van der Waals surface area contributed by atoms with E-state index in [1.54, 1.807) is 10.9 Å². The molecule has 104 valence electrons. The first kappa shape index (κ1) is 12.7. The first-order valence-corrected chi connectivity index (χ1v) is 6.80. The van der Waals surface area contributed by atoms with E-state index in [0.717, 1.165) is 17.8 Å². The van der Waals surface area contributed by atoms with Crippen molar-refractivity contribution in [2.45, 2.75) is 13.0 Å². The molecule has 0 bridgehead atoms. The van der Waals surface area contributed by atoms with E-state index in [4.69, 9.17) is 0 Å². The summed E-state index contributed by atoms with van der Waals surface area (Å²) < 4.78 is 1.77. The Morgan fingerprint density at radius 3 is 3.10 bits per heavy atom. The summed E-state index contributed by atoms with van der Waals surface area (Å²) in [6, 6.07) is 10.1. The van der Waals surface area contributed by atoms with Crippen LogP contribution in [0.1, 0.15) is 11.3 Å². The van der Waals surface area contributed by atoms with Gasteiger partial charge in [0.25, 0.3) is 0 Å². The molecule has 2 aromatic rings. The quantitative estimate of drug-likeness (QED) is 0.884. The zero-order valence-corrected chi connectivity index (χ0v) is 11.5. The van der Waals surface area contributed by atoms with Crippen molar-refractivity contribution in [2.24, 2.45) is 13.0 Å². The Morgan fingerprint density at radius 1 is 1.45 bits per heavy atom. The van der Waals surface area contributed by atoms with Gasteiger partial charge >= 0.3 is 0 Å². The van der Waals surface area contributed by atoms with Crippen molar-refractivity contribution >= 4 is 11.6 Å². The maximum atomic E-state index is 12.2. The number of fused-ring (bicyclic) bond motifs is 1. The predicted octanol–water partition coefficient (Wildman–Crippen LogP) is 1.32. The van der Waals surface area contributed by atoms with Gasteiger partial charge in [-0.15, -0.1) is 0 Å². The number of hydrogen-bond donors (Lipinski definition) is 2. The molecule has 0 fully saturated rings. The van der Waals surface area contributed by atoms with Crippen LogP contribution in [0.25, 0.3) is 0 Å². The number of carbonyl (C=O) groups is 1. The summed E-state index contributed by atoms with van der Waals surface area (Å²) in [5.41, 5.74) is 3.35. The van der Waals surface area contributed by atoms with Crippen molar-refractivity contribution in [1.29, 1.82) is 0 Å². The molecule has 5 nitrogen and oxygen atoms in total. The molecule has 2 N–H and O–H groups in total. The smallest absolute Gasteiger partial charge is 0.225 e. The van der Waals surface area contributed by atoms with E-state index in [-0.39, 0.29) is 11.8 Å². The molecule has 3 rings (SSSR count). The van der Waals surface area contributed by atoms with Crippen LogP contribution in [0.15, 0.2) is 36.5 Å². The monoisotopic (exact) mass is 270 g/mol. The van der Waals surface area contributed by atoms with Crippen LogP contribution in [-0.4, -0.2) is 22.2 Å². The number of aromatic nitrogens is 2. The van der Waals surface area contributed by atoms with E-state index in [0.29, 0.717) is 13.1 Å². The number of hydrogen-bond acceptors (Lipinski definition) is 3. The van der Waals surface area contributed by atoms with Crippen LogP contribution in [-0.2, 0) is 24.8 Å². The first-order valence-electron chi connectivity index (χ1n) is 6.80. The van der Waals surface area contributed by atoms with Crippen molar-refractivity contribution in [2.75, 3.05) is 11.9 Å². The maximum Gasteiger partial charge on any atom is 0.225 e. The fourth-order valence-corrected chi connectivity index (χ4v) is 2.52. The average Bonchev–Trinajstić information content (AvgIpc) is 2.89. The van der Waals surface area contributed by atoms with Gasteiger partial charge in [0.05, 0.1) is 18.2 Å². The summed E-state index contributed by atoms with van der Waals surface area (Å²) >= 11 is 0. The number of carbonyl (C=O) groups excluding carboxylic acids is 1. The molecule has 5 heteroatoms. The summed E-state index contributed by atoms with van der Waals surface area (Å²) in [4.78, 5) is 12.2. The summed E-state index contributed by atoms with van der Waals surface area (Å²) in [5, 5.41) is 10.4. The van der Waals surface area contributed by atoms with Gasteiger partial charge < -0.3 is 10.6 Å². The van der Waals surface area contributed by atoms with Gasteiger partial charge in [-0.2, -0.15) is 5.10 Å². The molecule has 1 aromatic carbocycles. The summed E-state index contributed by atoms with van der Waals surface area (Å²) in [7, 11) is 1.87. The maximum absolute atomic E-state index is 12.2. The standard InChI is InChI=1S/C15H18N4O/c1-19-13(6-7-18-19)10-17-15(20)12-8-11-4-2-3-5-14(11)16-9-12/h2-7,12,16H,8-10H2,1H3,(H,17,20). The van der Waals surface area contributed by atoms with Gasteiger partial charge in [0.15, 0.2) is 0 Å². The minimum Gasteiger partial charge on any atom is -0.384 e. The lowest BCUT2D eigenvalue weighted by Crippen LogP contribution is -2.38. The van der Waals surface area contributed by atoms with Gasteiger partial charge in [-0.25, -0.2) is 0 Å². The normalized spacial score (nSPS) is 17.1. The molecule has 0 radical (unpaired) electrons. The van der Waals surface area contributed by atoms with E-state index in [9.17, 15) is 4.79 Å². The van der Waals surface area contributed by atoms with Crippen molar-refractivity contribution in [3.8, 4) is 0 Å². The van der Waals surface area contributed by atoms with Crippen LogP contribution >= 0.6 is 0 Å². The molecule has 20 heavy (non-hydrogen) atoms.